The van der Waals surface area contributed by atoms with E-state index < -0.39 is 11.0 Å². The van der Waals surface area contributed by atoms with Crippen LogP contribution in [0.1, 0.15) is 52.7 Å². The first-order chi connectivity index (χ1) is 12.8. The number of rotatable bonds is 7. The molecule has 0 bridgehead atoms. The quantitative estimate of drug-likeness (QED) is 0.698. The number of esters is 1. The zero-order chi connectivity index (χ0) is 21.7. The average molecular weight is 392 g/mol. The van der Waals surface area contributed by atoms with E-state index in [1.165, 1.54) is 6.92 Å². The minimum absolute atomic E-state index is 0.0134. The van der Waals surface area contributed by atoms with Gasteiger partial charge in [0.15, 0.2) is 0 Å². The van der Waals surface area contributed by atoms with Gasteiger partial charge in [0.25, 0.3) is 0 Å². The van der Waals surface area contributed by atoms with Crippen molar-refractivity contribution in [1.29, 1.82) is 0 Å². The van der Waals surface area contributed by atoms with E-state index in [4.69, 9.17) is 4.74 Å². The van der Waals surface area contributed by atoms with Crippen LogP contribution in [0, 0.1) is 5.41 Å². The third-order valence-electron chi connectivity index (χ3n) is 4.61. The van der Waals surface area contributed by atoms with Gasteiger partial charge in [0, 0.05) is 25.1 Å². The summed E-state index contributed by atoms with van der Waals surface area (Å²) in [5, 5.41) is 5.64. The van der Waals surface area contributed by atoms with E-state index in [0.717, 1.165) is 11.1 Å². The molecule has 0 spiro atoms. The fourth-order valence-electron chi connectivity index (χ4n) is 2.83. The summed E-state index contributed by atoms with van der Waals surface area (Å²) in [7, 11) is 3.46. The molecule has 0 atom stereocenters. The normalized spacial score (nSPS) is 11.7. The van der Waals surface area contributed by atoms with Crippen LogP contribution < -0.4 is 10.6 Å². The van der Waals surface area contributed by atoms with Crippen LogP contribution in [-0.2, 0) is 31.3 Å². The summed E-state index contributed by atoms with van der Waals surface area (Å²) in [5.74, 6) is -0.562. The Morgan fingerprint density at radius 1 is 1.11 bits per heavy atom. The summed E-state index contributed by atoms with van der Waals surface area (Å²) in [6.07, 6.45) is 0. The molecule has 0 saturated carbocycles. The molecule has 156 valence electrons. The van der Waals surface area contributed by atoms with Gasteiger partial charge in [-0.3, -0.25) is 14.4 Å². The van der Waals surface area contributed by atoms with Crippen LogP contribution in [0.2, 0.25) is 0 Å². The molecular formula is C21H33N3O4. The monoisotopic (exact) mass is 391 g/mol. The highest BCUT2D eigenvalue weighted by Gasteiger charge is 2.36. The maximum absolute atomic E-state index is 12.9. The van der Waals surface area contributed by atoms with E-state index in [1.54, 1.807) is 25.1 Å². The van der Waals surface area contributed by atoms with Crippen LogP contribution in [0.5, 0.6) is 0 Å². The lowest BCUT2D eigenvalue weighted by atomic mass is 9.85. The maximum atomic E-state index is 12.9. The van der Waals surface area contributed by atoms with Crippen molar-refractivity contribution < 1.29 is 19.1 Å². The van der Waals surface area contributed by atoms with Crippen LogP contribution in [0.3, 0.4) is 0 Å². The van der Waals surface area contributed by atoms with Crippen molar-refractivity contribution in [3.05, 3.63) is 29.3 Å². The van der Waals surface area contributed by atoms with E-state index in [0.29, 0.717) is 5.69 Å². The number of nitrogens with zero attached hydrogens (tertiary/aromatic N) is 1. The Balaban J connectivity index is 3.37. The molecular weight excluding hydrogens is 358 g/mol. The molecule has 28 heavy (non-hydrogen) atoms. The maximum Gasteiger partial charge on any atom is 0.302 e. The number of hydrogen-bond donors (Lipinski definition) is 2. The summed E-state index contributed by atoms with van der Waals surface area (Å²) in [5.41, 5.74) is 0.965. The topological polar surface area (TPSA) is 87.7 Å². The molecule has 1 rings (SSSR count). The van der Waals surface area contributed by atoms with E-state index >= 15 is 0 Å². The molecule has 0 unspecified atom stereocenters. The van der Waals surface area contributed by atoms with Crippen molar-refractivity contribution in [2.24, 2.45) is 5.41 Å². The van der Waals surface area contributed by atoms with E-state index in [-0.39, 0.29) is 30.9 Å². The van der Waals surface area contributed by atoms with Gasteiger partial charge < -0.3 is 20.3 Å². The predicted octanol–water partition coefficient (Wildman–Crippen LogP) is 2.65. The van der Waals surface area contributed by atoms with Gasteiger partial charge in [-0.05, 0) is 44.2 Å². The first-order valence-corrected chi connectivity index (χ1v) is 9.30. The minimum atomic E-state index is -0.691. The van der Waals surface area contributed by atoms with Gasteiger partial charge in [-0.1, -0.05) is 26.8 Å². The van der Waals surface area contributed by atoms with Gasteiger partial charge in [0.05, 0.1) is 12.1 Å². The molecule has 0 aliphatic carbocycles. The molecule has 0 aliphatic rings. The molecule has 1 aromatic carbocycles. The number of likely N-dealkylation sites (N-methyl/N-ethyl adjacent to an activating group) is 1. The van der Waals surface area contributed by atoms with E-state index in [9.17, 15) is 14.4 Å². The van der Waals surface area contributed by atoms with Crippen LogP contribution in [-0.4, -0.2) is 43.3 Å². The molecule has 7 nitrogen and oxygen atoms in total. The molecule has 0 saturated heterocycles. The molecule has 0 aliphatic heterocycles. The SMILES string of the molecule is CNCC(=O)Nc1ccc(COC(C)=O)c(C(C)(C)N(C)C(=O)C(C)(C)C)c1. The summed E-state index contributed by atoms with van der Waals surface area (Å²) in [4.78, 5) is 37.8. The van der Waals surface area contributed by atoms with Crippen molar-refractivity contribution in [3.63, 3.8) is 0 Å². The standard InChI is InChI=1S/C21H33N3O4/c1-14(25)28-13-15-9-10-16(23-18(26)12-22-7)11-17(15)21(5,6)24(8)19(27)20(2,3)4/h9-11,22H,12-13H2,1-8H3,(H,23,26). The predicted molar refractivity (Wildman–Crippen MR) is 110 cm³/mol. The zero-order valence-corrected chi connectivity index (χ0v) is 18.2. The van der Waals surface area contributed by atoms with Crippen molar-refractivity contribution >= 4 is 23.5 Å². The van der Waals surface area contributed by atoms with Gasteiger partial charge in [-0.2, -0.15) is 0 Å². The van der Waals surface area contributed by atoms with Crippen LogP contribution >= 0.6 is 0 Å². The third-order valence-corrected chi connectivity index (χ3v) is 4.61. The largest absolute Gasteiger partial charge is 0.461 e. The molecule has 2 amide bonds. The average Bonchev–Trinajstić information content (AvgIpc) is 2.58. The fraction of sp³-hybridized carbons (Fsp3) is 0.571. The highest BCUT2D eigenvalue weighted by Crippen LogP contribution is 2.34. The Morgan fingerprint density at radius 3 is 2.21 bits per heavy atom. The van der Waals surface area contributed by atoms with Crippen molar-refractivity contribution in [3.8, 4) is 0 Å². The summed E-state index contributed by atoms with van der Waals surface area (Å²) in [6, 6.07) is 5.40. The second-order valence-electron chi connectivity index (χ2n) is 8.40. The number of ether oxygens (including phenoxy) is 1. The number of hydrogen-bond acceptors (Lipinski definition) is 5. The lowest BCUT2D eigenvalue weighted by molar-refractivity contribution is -0.144. The Hall–Kier alpha value is -2.41. The number of anilines is 1. The molecule has 0 aromatic heterocycles. The first-order valence-electron chi connectivity index (χ1n) is 9.30. The van der Waals surface area contributed by atoms with Crippen LogP contribution in [0.25, 0.3) is 0 Å². The Bertz CT molecular complexity index is 736. The number of benzene rings is 1. The highest BCUT2D eigenvalue weighted by molar-refractivity contribution is 5.92. The van der Waals surface area contributed by atoms with Crippen molar-refractivity contribution in [1.82, 2.24) is 10.2 Å². The van der Waals surface area contributed by atoms with Gasteiger partial charge >= 0.3 is 5.97 Å². The molecule has 1 aromatic rings. The molecule has 0 fully saturated rings. The number of amides is 2. The summed E-state index contributed by atoms with van der Waals surface area (Å²) < 4.78 is 5.19. The number of carbonyl (C=O) groups excluding carboxylic acids is 3. The summed E-state index contributed by atoms with van der Waals surface area (Å²) in [6.45, 7) is 11.1. The highest BCUT2D eigenvalue weighted by atomic mass is 16.5. The van der Waals surface area contributed by atoms with Gasteiger partial charge in [0.1, 0.15) is 6.61 Å². The Morgan fingerprint density at radius 2 is 1.71 bits per heavy atom. The molecule has 0 heterocycles. The summed E-state index contributed by atoms with van der Waals surface area (Å²) >= 11 is 0. The molecule has 2 N–H and O–H groups in total. The molecule has 0 radical (unpaired) electrons. The lowest BCUT2D eigenvalue weighted by Gasteiger charge is -2.40. The smallest absolute Gasteiger partial charge is 0.302 e. The second-order valence-corrected chi connectivity index (χ2v) is 8.40. The first kappa shape index (κ1) is 23.6. The lowest BCUT2D eigenvalue weighted by Crippen LogP contribution is -2.48. The zero-order valence-electron chi connectivity index (χ0n) is 18.2. The fourth-order valence-corrected chi connectivity index (χ4v) is 2.83. The third kappa shape index (κ3) is 6.05. The van der Waals surface area contributed by atoms with Crippen molar-refractivity contribution in [2.45, 2.75) is 53.7 Å². The van der Waals surface area contributed by atoms with Gasteiger partial charge in [-0.15, -0.1) is 0 Å². The van der Waals surface area contributed by atoms with Crippen molar-refractivity contribution in [2.75, 3.05) is 26.0 Å². The van der Waals surface area contributed by atoms with Crippen LogP contribution in [0.15, 0.2) is 18.2 Å². The number of nitrogens with one attached hydrogen (secondary N) is 2. The van der Waals surface area contributed by atoms with Crippen LogP contribution in [0.4, 0.5) is 5.69 Å². The van der Waals surface area contributed by atoms with Gasteiger partial charge in [-0.25, -0.2) is 0 Å². The molecule has 7 heteroatoms. The van der Waals surface area contributed by atoms with E-state index in [2.05, 4.69) is 10.6 Å². The number of carbonyl (C=O) groups is 3. The second kappa shape index (κ2) is 9.19. The van der Waals surface area contributed by atoms with E-state index in [1.807, 2.05) is 46.8 Å². The minimum Gasteiger partial charge on any atom is -0.461 e. The Kier molecular flexibility index (Phi) is 7.75. The Labute approximate surface area is 167 Å². The van der Waals surface area contributed by atoms with Gasteiger partial charge in [0.2, 0.25) is 11.8 Å².